The van der Waals surface area contributed by atoms with E-state index in [1.54, 1.807) is 0 Å². The van der Waals surface area contributed by atoms with Crippen molar-refractivity contribution >= 4 is 0 Å². The molecular formula is C17H30N2O. The third-order valence-electron chi connectivity index (χ3n) is 3.07. The average molecular weight is 278 g/mol. The zero-order valence-electron chi connectivity index (χ0n) is 13.7. The smallest absolute Gasteiger partial charge is 0.119 e. The van der Waals surface area contributed by atoms with Crippen LogP contribution in [-0.2, 0) is 6.54 Å². The van der Waals surface area contributed by atoms with Crippen LogP contribution in [0.4, 0.5) is 0 Å². The highest BCUT2D eigenvalue weighted by Crippen LogP contribution is 2.15. The number of nitrogens with zero attached hydrogens (tertiary/aromatic N) is 1. The van der Waals surface area contributed by atoms with Gasteiger partial charge in [0.2, 0.25) is 0 Å². The molecule has 0 bridgehead atoms. The van der Waals surface area contributed by atoms with E-state index in [9.17, 15) is 0 Å². The average Bonchev–Trinajstić information content (AvgIpc) is 2.36. The lowest BCUT2D eigenvalue weighted by Crippen LogP contribution is -2.37. The van der Waals surface area contributed by atoms with Crippen LogP contribution in [0.15, 0.2) is 24.3 Å². The highest BCUT2D eigenvalue weighted by molar-refractivity contribution is 5.27. The molecule has 0 aliphatic rings. The third kappa shape index (κ3) is 6.92. The van der Waals surface area contributed by atoms with Gasteiger partial charge in [0.05, 0.1) is 6.61 Å². The van der Waals surface area contributed by atoms with Gasteiger partial charge in [-0.25, -0.2) is 0 Å². The van der Waals surface area contributed by atoms with E-state index in [1.165, 1.54) is 5.56 Å². The Morgan fingerprint density at radius 3 is 2.35 bits per heavy atom. The van der Waals surface area contributed by atoms with Gasteiger partial charge < -0.3 is 15.0 Å². The van der Waals surface area contributed by atoms with Gasteiger partial charge in [0, 0.05) is 19.6 Å². The molecule has 1 aromatic rings. The number of hydrogen-bond acceptors (Lipinski definition) is 3. The van der Waals surface area contributed by atoms with Gasteiger partial charge in [-0.05, 0) is 43.6 Å². The number of benzene rings is 1. The summed E-state index contributed by atoms with van der Waals surface area (Å²) in [6.45, 7) is 10.5. The van der Waals surface area contributed by atoms with Crippen LogP contribution in [0.25, 0.3) is 0 Å². The Balaban J connectivity index is 2.35. The van der Waals surface area contributed by atoms with Crippen molar-refractivity contribution in [3.05, 3.63) is 29.8 Å². The summed E-state index contributed by atoms with van der Waals surface area (Å²) in [6, 6.07) is 8.38. The Bertz CT molecular complexity index is 371. The molecule has 0 radical (unpaired) electrons. The predicted octanol–water partition coefficient (Wildman–Crippen LogP) is 3.15. The Labute approximate surface area is 124 Å². The Morgan fingerprint density at radius 1 is 1.15 bits per heavy atom. The summed E-state index contributed by atoms with van der Waals surface area (Å²) < 4.78 is 5.59. The number of hydrogen-bond donors (Lipinski definition) is 1. The minimum atomic E-state index is 0.285. The van der Waals surface area contributed by atoms with Gasteiger partial charge >= 0.3 is 0 Å². The molecule has 0 unspecified atom stereocenters. The molecule has 0 fully saturated rings. The van der Waals surface area contributed by atoms with Gasteiger partial charge in [0.15, 0.2) is 0 Å². The highest BCUT2D eigenvalue weighted by atomic mass is 16.5. The Kier molecular flexibility index (Phi) is 7.03. The van der Waals surface area contributed by atoms with Crippen LogP contribution in [0.3, 0.4) is 0 Å². The number of rotatable bonds is 9. The van der Waals surface area contributed by atoms with Crippen molar-refractivity contribution in [2.45, 2.75) is 33.7 Å². The van der Waals surface area contributed by atoms with E-state index in [2.05, 4.69) is 69.3 Å². The van der Waals surface area contributed by atoms with Gasteiger partial charge in [-0.15, -0.1) is 0 Å². The highest BCUT2D eigenvalue weighted by Gasteiger charge is 2.17. The van der Waals surface area contributed by atoms with Crippen molar-refractivity contribution in [2.24, 2.45) is 5.41 Å². The number of ether oxygens (including phenoxy) is 1. The topological polar surface area (TPSA) is 24.5 Å². The maximum atomic E-state index is 5.59. The molecule has 0 heterocycles. The molecule has 3 nitrogen and oxygen atoms in total. The third-order valence-corrected chi connectivity index (χ3v) is 3.07. The summed E-state index contributed by atoms with van der Waals surface area (Å²) in [5, 5.41) is 3.54. The maximum absolute atomic E-state index is 5.59. The molecule has 0 atom stereocenters. The Hall–Kier alpha value is -1.06. The lowest BCUT2D eigenvalue weighted by Gasteiger charge is -2.28. The van der Waals surface area contributed by atoms with Gasteiger partial charge in [0.25, 0.3) is 0 Å². The molecule has 0 spiro atoms. The summed E-state index contributed by atoms with van der Waals surface area (Å²) >= 11 is 0. The first-order valence-corrected chi connectivity index (χ1v) is 7.50. The van der Waals surface area contributed by atoms with Crippen LogP contribution in [0.2, 0.25) is 0 Å². The second kappa shape index (κ2) is 8.28. The van der Waals surface area contributed by atoms with E-state index in [0.29, 0.717) is 0 Å². The van der Waals surface area contributed by atoms with E-state index < -0.39 is 0 Å². The predicted molar refractivity (Wildman–Crippen MR) is 86.3 cm³/mol. The second-order valence-corrected chi connectivity index (χ2v) is 6.50. The monoisotopic (exact) mass is 278 g/mol. The minimum Gasteiger partial charge on any atom is -0.494 e. The molecule has 0 aliphatic heterocycles. The molecular weight excluding hydrogens is 248 g/mol. The normalized spacial score (nSPS) is 11.9. The fourth-order valence-corrected chi connectivity index (χ4v) is 2.38. The Morgan fingerprint density at radius 2 is 1.80 bits per heavy atom. The molecule has 114 valence electrons. The van der Waals surface area contributed by atoms with E-state index in [0.717, 1.165) is 38.4 Å². The fraction of sp³-hybridized carbons (Fsp3) is 0.647. The lowest BCUT2D eigenvalue weighted by atomic mass is 9.93. The van der Waals surface area contributed by atoms with E-state index in [4.69, 9.17) is 4.74 Å². The largest absolute Gasteiger partial charge is 0.494 e. The van der Waals surface area contributed by atoms with Crippen molar-refractivity contribution in [1.82, 2.24) is 10.2 Å². The van der Waals surface area contributed by atoms with Crippen LogP contribution < -0.4 is 10.1 Å². The lowest BCUT2D eigenvalue weighted by molar-refractivity contribution is 0.232. The summed E-state index contributed by atoms with van der Waals surface area (Å²) in [5.41, 5.74) is 1.59. The van der Waals surface area contributed by atoms with Crippen molar-refractivity contribution in [3.63, 3.8) is 0 Å². The zero-order chi connectivity index (χ0) is 15.0. The first kappa shape index (κ1) is 17.0. The van der Waals surface area contributed by atoms with Crippen molar-refractivity contribution in [2.75, 3.05) is 33.8 Å². The summed E-state index contributed by atoms with van der Waals surface area (Å²) in [5.74, 6) is 0.962. The van der Waals surface area contributed by atoms with Crippen LogP contribution in [0.5, 0.6) is 5.75 Å². The van der Waals surface area contributed by atoms with Crippen molar-refractivity contribution in [1.29, 1.82) is 0 Å². The molecule has 1 N–H and O–H groups in total. The standard InChI is InChI=1S/C17H30N2O/c1-6-11-20-16-9-7-15(8-10-16)12-18-13-17(2,3)14-19(4)5/h7-10,18H,6,11-14H2,1-5H3. The maximum Gasteiger partial charge on any atom is 0.119 e. The molecule has 0 aliphatic carbocycles. The van der Waals surface area contributed by atoms with Crippen LogP contribution in [0.1, 0.15) is 32.8 Å². The van der Waals surface area contributed by atoms with Gasteiger partial charge in [-0.3, -0.25) is 0 Å². The van der Waals surface area contributed by atoms with Gasteiger partial charge in [-0.2, -0.15) is 0 Å². The SMILES string of the molecule is CCCOc1ccc(CNCC(C)(C)CN(C)C)cc1. The van der Waals surface area contributed by atoms with Gasteiger partial charge in [0.1, 0.15) is 5.75 Å². The second-order valence-electron chi connectivity index (χ2n) is 6.50. The summed E-state index contributed by atoms with van der Waals surface area (Å²) in [6.07, 6.45) is 1.05. The summed E-state index contributed by atoms with van der Waals surface area (Å²) in [4.78, 5) is 2.24. The zero-order valence-corrected chi connectivity index (χ0v) is 13.7. The van der Waals surface area contributed by atoms with Crippen LogP contribution in [-0.4, -0.2) is 38.7 Å². The molecule has 1 aromatic carbocycles. The molecule has 1 rings (SSSR count). The fourth-order valence-electron chi connectivity index (χ4n) is 2.38. The minimum absolute atomic E-state index is 0.285. The van der Waals surface area contributed by atoms with E-state index in [1.807, 2.05) is 0 Å². The van der Waals surface area contributed by atoms with E-state index in [-0.39, 0.29) is 5.41 Å². The summed E-state index contributed by atoms with van der Waals surface area (Å²) in [7, 11) is 4.24. The van der Waals surface area contributed by atoms with Crippen LogP contribution >= 0.6 is 0 Å². The molecule has 20 heavy (non-hydrogen) atoms. The van der Waals surface area contributed by atoms with Gasteiger partial charge in [-0.1, -0.05) is 32.9 Å². The molecule has 0 saturated carbocycles. The first-order chi connectivity index (χ1) is 9.43. The molecule has 3 heteroatoms. The van der Waals surface area contributed by atoms with E-state index >= 15 is 0 Å². The van der Waals surface area contributed by atoms with Crippen molar-refractivity contribution in [3.8, 4) is 5.75 Å². The molecule has 0 amide bonds. The quantitative estimate of drug-likeness (QED) is 0.751. The molecule has 0 aromatic heterocycles. The molecule has 0 saturated heterocycles. The first-order valence-electron chi connectivity index (χ1n) is 7.50. The number of nitrogens with one attached hydrogen (secondary N) is 1. The van der Waals surface area contributed by atoms with Crippen LogP contribution in [0, 0.1) is 5.41 Å². The van der Waals surface area contributed by atoms with Crippen molar-refractivity contribution < 1.29 is 4.74 Å².